The van der Waals surface area contributed by atoms with Crippen molar-refractivity contribution in [1.29, 1.82) is 0 Å². The number of esters is 2. The Bertz CT molecular complexity index is 836. The van der Waals surface area contributed by atoms with Gasteiger partial charge in [-0.3, -0.25) is 14.4 Å². The fourth-order valence-electron chi connectivity index (χ4n) is 5.49. The van der Waals surface area contributed by atoms with Crippen LogP contribution in [0.3, 0.4) is 0 Å². The molecule has 1 rings (SSSR count). The quantitative estimate of drug-likeness (QED) is 0.0547. The van der Waals surface area contributed by atoms with Crippen LogP contribution in [0.1, 0.15) is 136 Å². The van der Waals surface area contributed by atoms with Crippen molar-refractivity contribution in [3.8, 4) is 0 Å². The molecule has 0 bridgehead atoms. The molecule has 5 atom stereocenters. The Morgan fingerprint density at radius 3 is 2.07 bits per heavy atom. The van der Waals surface area contributed by atoms with Crippen molar-refractivity contribution in [2.75, 3.05) is 13.2 Å². The lowest BCUT2D eigenvalue weighted by Gasteiger charge is -2.17. The third-order valence-corrected chi connectivity index (χ3v) is 8.24. The molecule has 0 aromatic heterocycles. The molecule has 0 radical (unpaired) electrons. The van der Waals surface area contributed by atoms with Crippen LogP contribution in [0.25, 0.3) is 0 Å². The summed E-state index contributed by atoms with van der Waals surface area (Å²) in [5, 5.41) is 30.5. The van der Waals surface area contributed by atoms with Gasteiger partial charge in [-0.15, -0.1) is 0 Å². The molecule has 0 amide bonds. The molecule has 0 aromatic rings. The molecule has 1 saturated carbocycles. The van der Waals surface area contributed by atoms with Crippen molar-refractivity contribution >= 4 is 17.7 Å². The molecule has 8 heteroatoms. The second-order valence-electron chi connectivity index (χ2n) is 12.9. The van der Waals surface area contributed by atoms with Gasteiger partial charge in [0.05, 0.1) is 12.2 Å². The molecule has 0 saturated heterocycles. The van der Waals surface area contributed by atoms with Crippen molar-refractivity contribution in [1.82, 2.24) is 0 Å². The van der Waals surface area contributed by atoms with Crippen LogP contribution in [0.4, 0.5) is 0 Å². The zero-order valence-electron chi connectivity index (χ0n) is 27.8. The molecule has 0 heterocycles. The number of carbonyl (C=O) groups is 3. The lowest BCUT2D eigenvalue weighted by molar-refractivity contribution is -0.152. The largest absolute Gasteiger partial charge is 0.463 e. The van der Waals surface area contributed by atoms with E-state index in [0.717, 1.165) is 44.4 Å². The van der Waals surface area contributed by atoms with Gasteiger partial charge >= 0.3 is 11.9 Å². The van der Waals surface area contributed by atoms with E-state index in [1.165, 1.54) is 32.1 Å². The number of Topliss-reactive ketones (excluding diaryl/α,β-unsaturated/α-hetero) is 1. The maximum atomic E-state index is 12.4. The molecule has 254 valence electrons. The molecule has 8 nitrogen and oxygen atoms in total. The number of ketones is 1. The Kier molecular flexibility index (Phi) is 22.9. The topological polar surface area (TPSA) is 130 Å². The predicted octanol–water partition coefficient (Wildman–Crippen LogP) is 6.78. The fraction of sp³-hybridized carbons (Fsp3) is 0.806. The van der Waals surface area contributed by atoms with Crippen LogP contribution in [0.5, 0.6) is 0 Å². The average molecular weight is 623 g/mol. The minimum Gasteiger partial charge on any atom is -0.463 e. The molecule has 0 unspecified atom stereocenters. The van der Waals surface area contributed by atoms with E-state index in [1.807, 2.05) is 12.2 Å². The molecule has 1 aliphatic carbocycles. The second-order valence-corrected chi connectivity index (χ2v) is 12.9. The Labute approximate surface area is 266 Å². The van der Waals surface area contributed by atoms with Crippen LogP contribution in [-0.4, -0.2) is 64.6 Å². The Morgan fingerprint density at radius 1 is 0.841 bits per heavy atom. The van der Waals surface area contributed by atoms with Crippen molar-refractivity contribution in [3.63, 3.8) is 0 Å². The molecule has 0 spiro atoms. The molecule has 3 N–H and O–H groups in total. The first-order valence-electron chi connectivity index (χ1n) is 17.3. The summed E-state index contributed by atoms with van der Waals surface area (Å²) in [5.74, 6) is -0.595. The van der Waals surface area contributed by atoms with E-state index in [-0.39, 0.29) is 43.7 Å². The van der Waals surface area contributed by atoms with Gasteiger partial charge in [0.1, 0.15) is 25.1 Å². The Morgan fingerprint density at radius 2 is 1.43 bits per heavy atom. The van der Waals surface area contributed by atoms with E-state index in [0.29, 0.717) is 32.1 Å². The molecular formula is C36H62O8. The SMILES string of the molecule is CCCCC[C@H](O)/C=C/[C@H]1C(=O)C[C@H](O)[C@@H]1C/C=C\CCCC(=O)OC[C@H](O)COC(=O)CCCCCCCCCC(C)C. The van der Waals surface area contributed by atoms with Crippen LogP contribution in [0, 0.1) is 17.8 Å². The highest BCUT2D eigenvalue weighted by Crippen LogP contribution is 2.33. The molecule has 1 fully saturated rings. The van der Waals surface area contributed by atoms with Crippen LogP contribution in [-0.2, 0) is 23.9 Å². The van der Waals surface area contributed by atoms with E-state index >= 15 is 0 Å². The van der Waals surface area contributed by atoms with Crippen LogP contribution < -0.4 is 0 Å². The number of allylic oxidation sites excluding steroid dienone is 3. The first kappa shape index (κ1) is 40.0. The van der Waals surface area contributed by atoms with E-state index in [4.69, 9.17) is 9.47 Å². The minimum atomic E-state index is -1.05. The van der Waals surface area contributed by atoms with Gasteiger partial charge in [0.15, 0.2) is 0 Å². The summed E-state index contributed by atoms with van der Waals surface area (Å²) in [6.07, 6.45) is 20.4. The van der Waals surface area contributed by atoms with Gasteiger partial charge in [0, 0.05) is 31.1 Å². The first-order valence-corrected chi connectivity index (χ1v) is 17.3. The average Bonchev–Trinajstić information content (AvgIpc) is 3.25. The van der Waals surface area contributed by atoms with Gasteiger partial charge < -0.3 is 24.8 Å². The number of aliphatic hydroxyl groups is 3. The number of carbonyl (C=O) groups excluding carboxylic acids is 3. The maximum absolute atomic E-state index is 12.4. The lowest BCUT2D eigenvalue weighted by atomic mass is 9.90. The normalized spacial score (nSPS) is 20.2. The summed E-state index contributed by atoms with van der Waals surface area (Å²) in [6.45, 7) is 6.22. The van der Waals surface area contributed by atoms with Crippen molar-refractivity contribution < 1.29 is 39.2 Å². The summed E-state index contributed by atoms with van der Waals surface area (Å²) >= 11 is 0. The first-order chi connectivity index (χ1) is 21.1. The van der Waals surface area contributed by atoms with Crippen molar-refractivity contribution in [2.24, 2.45) is 17.8 Å². The molecule has 0 aliphatic heterocycles. The van der Waals surface area contributed by atoms with Gasteiger partial charge in [-0.2, -0.15) is 0 Å². The van der Waals surface area contributed by atoms with Gasteiger partial charge in [0.25, 0.3) is 0 Å². The Hall–Kier alpha value is -2.03. The van der Waals surface area contributed by atoms with Crippen LogP contribution in [0.15, 0.2) is 24.3 Å². The second kappa shape index (κ2) is 25.2. The van der Waals surface area contributed by atoms with Crippen molar-refractivity contribution in [2.45, 2.75) is 155 Å². The zero-order valence-corrected chi connectivity index (χ0v) is 27.8. The zero-order chi connectivity index (χ0) is 32.6. The Balaban J connectivity index is 2.13. The number of hydrogen-bond donors (Lipinski definition) is 3. The highest BCUT2D eigenvalue weighted by molar-refractivity contribution is 5.86. The summed E-state index contributed by atoms with van der Waals surface area (Å²) in [7, 11) is 0. The summed E-state index contributed by atoms with van der Waals surface area (Å²) in [4.78, 5) is 36.3. The van der Waals surface area contributed by atoms with Crippen molar-refractivity contribution in [3.05, 3.63) is 24.3 Å². The monoisotopic (exact) mass is 622 g/mol. The van der Waals surface area contributed by atoms with Gasteiger partial charge in [-0.25, -0.2) is 0 Å². The smallest absolute Gasteiger partial charge is 0.305 e. The lowest BCUT2D eigenvalue weighted by Crippen LogP contribution is -2.25. The third kappa shape index (κ3) is 20.1. The van der Waals surface area contributed by atoms with Gasteiger partial charge in [-0.05, 0) is 38.0 Å². The fourth-order valence-corrected chi connectivity index (χ4v) is 5.49. The van der Waals surface area contributed by atoms with E-state index in [1.54, 1.807) is 12.2 Å². The van der Waals surface area contributed by atoms with Crippen LogP contribution in [0.2, 0.25) is 0 Å². The third-order valence-electron chi connectivity index (χ3n) is 8.24. The highest BCUT2D eigenvalue weighted by Gasteiger charge is 2.39. The number of aliphatic hydroxyl groups excluding tert-OH is 3. The molecule has 44 heavy (non-hydrogen) atoms. The van der Waals surface area contributed by atoms with E-state index in [9.17, 15) is 29.7 Å². The molecule has 1 aliphatic rings. The molecular weight excluding hydrogens is 560 g/mol. The summed E-state index contributed by atoms with van der Waals surface area (Å²) in [5.41, 5.74) is 0. The maximum Gasteiger partial charge on any atom is 0.305 e. The van der Waals surface area contributed by atoms with Gasteiger partial charge in [-0.1, -0.05) is 109 Å². The number of rotatable bonds is 26. The number of unbranched alkanes of at least 4 members (excludes halogenated alkanes) is 9. The highest BCUT2D eigenvalue weighted by atomic mass is 16.6. The van der Waals surface area contributed by atoms with E-state index < -0.39 is 30.2 Å². The van der Waals surface area contributed by atoms with E-state index in [2.05, 4.69) is 20.8 Å². The van der Waals surface area contributed by atoms with Crippen LogP contribution >= 0.6 is 0 Å². The predicted molar refractivity (Wildman–Crippen MR) is 174 cm³/mol. The number of ether oxygens (including phenoxy) is 2. The molecule has 0 aromatic carbocycles. The standard InChI is InChI=1S/C36H62O8/c1-4-5-13-19-29(37)23-24-32-31(33(39)25-34(32)40)20-15-11-12-17-22-36(42)44-27-30(38)26-43-35(41)21-16-10-8-6-7-9-14-18-28(2)3/h11,15,23-24,28-33,37-39H,4-10,12-14,16-22,25-27H2,1-3H3/b15-11-,24-23+/t29-,30+,31+,32+,33-/m0/s1. The summed E-state index contributed by atoms with van der Waals surface area (Å²) < 4.78 is 10.2. The summed E-state index contributed by atoms with van der Waals surface area (Å²) in [6, 6.07) is 0. The minimum absolute atomic E-state index is 0.00109. The van der Waals surface area contributed by atoms with Gasteiger partial charge in [0.2, 0.25) is 0 Å². The number of hydrogen-bond acceptors (Lipinski definition) is 8.